The summed E-state index contributed by atoms with van der Waals surface area (Å²) in [6, 6.07) is 6.57. The molecule has 7 heteroatoms. The van der Waals surface area contributed by atoms with E-state index in [-0.39, 0.29) is 24.0 Å². The molecule has 0 bridgehead atoms. The molecule has 2 rings (SSSR count). The SMILES string of the molecule is CCOC(=O)CCCN1C(=O)/C(=C/c2ccc(O)cc2)SC1=S. The van der Waals surface area contributed by atoms with Gasteiger partial charge in [0.2, 0.25) is 0 Å². The zero-order chi connectivity index (χ0) is 16.8. The summed E-state index contributed by atoms with van der Waals surface area (Å²) in [5.41, 5.74) is 0.815. The van der Waals surface area contributed by atoms with Gasteiger partial charge in [-0.2, -0.15) is 0 Å². The Balaban J connectivity index is 1.96. The van der Waals surface area contributed by atoms with E-state index >= 15 is 0 Å². The smallest absolute Gasteiger partial charge is 0.305 e. The van der Waals surface area contributed by atoms with Crippen LogP contribution in [0, 0.1) is 0 Å². The first-order valence-corrected chi connectivity index (χ1v) is 8.43. The van der Waals surface area contributed by atoms with Gasteiger partial charge in [0.25, 0.3) is 5.91 Å². The molecule has 23 heavy (non-hydrogen) atoms. The molecule has 0 unspecified atom stereocenters. The number of nitrogens with zero attached hydrogens (tertiary/aromatic N) is 1. The van der Waals surface area contributed by atoms with Crippen LogP contribution in [-0.4, -0.2) is 39.4 Å². The molecule has 0 aromatic heterocycles. The predicted molar refractivity (Wildman–Crippen MR) is 93.9 cm³/mol. The molecule has 1 heterocycles. The summed E-state index contributed by atoms with van der Waals surface area (Å²) in [6.07, 6.45) is 2.52. The summed E-state index contributed by atoms with van der Waals surface area (Å²) in [5, 5.41) is 9.27. The van der Waals surface area contributed by atoms with Crippen molar-refractivity contribution < 1.29 is 19.4 Å². The van der Waals surface area contributed by atoms with E-state index in [4.69, 9.17) is 17.0 Å². The maximum absolute atomic E-state index is 12.4. The molecular formula is C16H17NO4S2. The molecule has 122 valence electrons. The highest BCUT2D eigenvalue weighted by molar-refractivity contribution is 8.26. The lowest BCUT2D eigenvalue weighted by atomic mass is 10.2. The van der Waals surface area contributed by atoms with Crippen LogP contribution in [0.4, 0.5) is 0 Å². The number of thioether (sulfide) groups is 1. The van der Waals surface area contributed by atoms with Crippen LogP contribution in [0.1, 0.15) is 25.3 Å². The van der Waals surface area contributed by atoms with E-state index in [1.54, 1.807) is 37.3 Å². The molecule has 0 aliphatic carbocycles. The average Bonchev–Trinajstić information content (AvgIpc) is 2.77. The van der Waals surface area contributed by atoms with E-state index in [2.05, 4.69) is 0 Å². The molecule has 1 fully saturated rings. The van der Waals surface area contributed by atoms with Crippen LogP contribution in [0.5, 0.6) is 5.75 Å². The van der Waals surface area contributed by atoms with E-state index < -0.39 is 0 Å². The fraction of sp³-hybridized carbons (Fsp3) is 0.312. The summed E-state index contributed by atoms with van der Waals surface area (Å²) >= 11 is 6.47. The van der Waals surface area contributed by atoms with Crippen molar-refractivity contribution in [2.45, 2.75) is 19.8 Å². The highest BCUT2D eigenvalue weighted by atomic mass is 32.2. The monoisotopic (exact) mass is 351 g/mol. The summed E-state index contributed by atoms with van der Waals surface area (Å²) in [4.78, 5) is 25.7. The van der Waals surface area contributed by atoms with Gasteiger partial charge in [-0.3, -0.25) is 14.5 Å². The average molecular weight is 351 g/mol. The van der Waals surface area contributed by atoms with Gasteiger partial charge in [-0.15, -0.1) is 0 Å². The van der Waals surface area contributed by atoms with Gasteiger partial charge in [-0.05, 0) is 37.1 Å². The first kappa shape index (κ1) is 17.5. The lowest BCUT2D eigenvalue weighted by Crippen LogP contribution is -2.29. The number of benzene rings is 1. The van der Waals surface area contributed by atoms with Crippen LogP contribution >= 0.6 is 24.0 Å². The number of phenolic OH excluding ortho intramolecular Hbond substituents is 1. The maximum Gasteiger partial charge on any atom is 0.305 e. The normalized spacial score (nSPS) is 16.2. The third-order valence-corrected chi connectivity index (χ3v) is 4.51. The number of phenols is 1. The second-order valence-electron chi connectivity index (χ2n) is 4.83. The Morgan fingerprint density at radius 1 is 1.39 bits per heavy atom. The highest BCUT2D eigenvalue weighted by Gasteiger charge is 2.31. The van der Waals surface area contributed by atoms with Crippen molar-refractivity contribution >= 4 is 46.3 Å². The minimum Gasteiger partial charge on any atom is -0.508 e. The van der Waals surface area contributed by atoms with E-state index in [0.29, 0.717) is 28.8 Å². The second-order valence-corrected chi connectivity index (χ2v) is 6.51. The molecule has 1 aromatic carbocycles. The number of hydrogen-bond acceptors (Lipinski definition) is 6. The third-order valence-electron chi connectivity index (χ3n) is 3.13. The lowest BCUT2D eigenvalue weighted by molar-refractivity contribution is -0.143. The number of rotatable bonds is 6. The zero-order valence-electron chi connectivity index (χ0n) is 12.7. The standard InChI is InChI=1S/C16H17NO4S2/c1-2-21-14(19)4-3-9-17-15(20)13(23-16(17)22)10-11-5-7-12(18)8-6-11/h5-8,10,18H,2-4,9H2,1H3/b13-10-. The van der Waals surface area contributed by atoms with Crippen LogP contribution in [-0.2, 0) is 14.3 Å². The van der Waals surface area contributed by atoms with Crippen LogP contribution in [0.25, 0.3) is 6.08 Å². The molecule has 1 amide bonds. The summed E-state index contributed by atoms with van der Waals surface area (Å²) in [7, 11) is 0. The number of hydrogen-bond donors (Lipinski definition) is 1. The third kappa shape index (κ3) is 4.80. The van der Waals surface area contributed by atoms with Gasteiger partial charge < -0.3 is 9.84 Å². The Morgan fingerprint density at radius 2 is 2.09 bits per heavy atom. The fourth-order valence-electron chi connectivity index (χ4n) is 2.03. The zero-order valence-corrected chi connectivity index (χ0v) is 14.3. The van der Waals surface area contributed by atoms with Gasteiger partial charge in [0, 0.05) is 13.0 Å². The molecule has 0 radical (unpaired) electrons. The second kappa shape index (κ2) is 8.12. The van der Waals surface area contributed by atoms with Crippen LogP contribution < -0.4 is 0 Å². The molecule has 0 saturated carbocycles. The molecule has 1 aromatic rings. The van der Waals surface area contributed by atoms with Crippen molar-refractivity contribution in [1.82, 2.24) is 4.90 Å². The Hall–Kier alpha value is -1.86. The van der Waals surface area contributed by atoms with E-state index in [0.717, 1.165) is 5.56 Å². The van der Waals surface area contributed by atoms with Crippen LogP contribution in [0.2, 0.25) is 0 Å². The first-order chi connectivity index (χ1) is 11.0. The Labute approximate surface area is 144 Å². The van der Waals surface area contributed by atoms with Gasteiger partial charge in [-0.25, -0.2) is 0 Å². The lowest BCUT2D eigenvalue weighted by Gasteiger charge is -2.13. The topological polar surface area (TPSA) is 66.8 Å². The number of carbonyl (C=O) groups is 2. The molecule has 5 nitrogen and oxygen atoms in total. The van der Waals surface area contributed by atoms with Crippen molar-refractivity contribution in [1.29, 1.82) is 0 Å². The molecular weight excluding hydrogens is 334 g/mol. The Kier molecular flexibility index (Phi) is 6.18. The van der Waals surface area contributed by atoms with Crippen molar-refractivity contribution in [2.24, 2.45) is 0 Å². The molecule has 1 aliphatic rings. The Bertz CT molecular complexity index is 640. The molecule has 0 spiro atoms. The van der Waals surface area contributed by atoms with Crippen LogP contribution in [0.15, 0.2) is 29.2 Å². The molecule has 1 N–H and O–H groups in total. The maximum atomic E-state index is 12.4. The van der Waals surface area contributed by atoms with Gasteiger partial charge in [0.1, 0.15) is 10.1 Å². The first-order valence-electron chi connectivity index (χ1n) is 7.21. The van der Waals surface area contributed by atoms with Gasteiger partial charge >= 0.3 is 5.97 Å². The van der Waals surface area contributed by atoms with Crippen molar-refractivity contribution in [3.8, 4) is 5.75 Å². The predicted octanol–water partition coefficient (Wildman–Crippen LogP) is 2.94. The summed E-state index contributed by atoms with van der Waals surface area (Å²) in [6.45, 7) is 2.51. The van der Waals surface area contributed by atoms with Crippen molar-refractivity contribution in [3.63, 3.8) is 0 Å². The van der Waals surface area contributed by atoms with Crippen molar-refractivity contribution in [3.05, 3.63) is 34.7 Å². The highest BCUT2D eigenvalue weighted by Crippen LogP contribution is 2.32. The van der Waals surface area contributed by atoms with E-state index in [1.165, 1.54) is 16.7 Å². The fourth-order valence-corrected chi connectivity index (χ4v) is 3.34. The minimum absolute atomic E-state index is 0.156. The number of carbonyl (C=O) groups excluding carboxylic acids is 2. The number of amides is 1. The van der Waals surface area contributed by atoms with E-state index in [9.17, 15) is 14.7 Å². The number of esters is 1. The van der Waals surface area contributed by atoms with Crippen molar-refractivity contribution in [2.75, 3.05) is 13.2 Å². The van der Waals surface area contributed by atoms with Gasteiger partial charge in [0.15, 0.2) is 0 Å². The molecule has 1 saturated heterocycles. The number of aromatic hydroxyl groups is 1. The summed E-state index contributed by atoms with van der Waals surface area (Å²) in [5.74, 6) is -0.247. The molecule has 0 atom stereocenters. The quantitative estimate of drug-likeness (QED) is 0.483. The number of thiocarbonyl (C=S) groups is 1. The van der Waals surface area contributed by atoms with Gasteiger partial charge in [0.05, 0.1) is 11.5 Å². The van der Waals surface area contributed by atoms with Crippen LogP contribution in [0.3, 0.4) is 0 Å². The van der Waals surface area contributed by atoms with E-state index in [1.807, 2.05) is 0 Å². The molecule has 1 aliphatic heterocycles. The minimum atomic E-state index is -0.266. The number of ether oxygens (including phenoxy) is 1. The van der Waals surface area contributed by atoms with Gasteiger partial charge in [-0.1, -0.05) is 36.1 Å². The summed E-state index contributed by atoms with van der Waals surface area (Å²) < 4.78 is 5.35. The Morgan fingerprint density at radius 3 is 2.74 bits per heavy atom. The largest absolute Gasteiger partial charge is 0.508 e.